The molecule has 0 spiro atoms. The third-order valence-corrected chi connectivity index (χ3v) is 2.06. The molecule has 1 heterocycles. The quantitative estimate of drug-likeness (QED) is 0.627. The minimum absolute atomic E-state index is 0.772. The van der Waals surface area contributed by atoms with E-state index in [1.54, 1.807) is 0 Å². The first-order valence-corrected chi connectivity index (χ1v) is 4.63. The maximum Gasteiger partial charge on any atom is 0.166 e. The van der Waals surface area contributed by atoms with Crippen LogP contribution in [0.3, 0.4) is 0 Å². The number of carbonyl (C=O) groups excluding carboxylic acids is 1. The van der Waals surface area contributed by atoms with E-state index in [1.165, 1.54) is 4.90 Å². The van der Waals surface area contributed by atoms with E-state index in [0.717, 1.165) is 31.5 Å². The zero-order chi connectivity index (χ0) is 9.68. The lowest BCUT2D eigenvalue weighted by Crippen LogP contribution is -3.05. The van der Waals surface area contributed by atoms with Gasteiger partial charge in [-0.25, -0.2) is 0 Å². The molecule has 0 aliphatic heterocycles. The van der Waals surface area contributed by atoms with Gasteiger partial charge in [-0.1, -0.05) is 0 Å². The van der Waals surface area contributed by atoms with Crippen molar-refractivity contribution in [3.63, 3.8) is 0 Å². The Morgan fingerprint density at radius 3 is 2.92 bits per heavy atom. The van der Waals surface area contributed by atoms with Crippen molar-refractivity contribution in [2.24, 2.45) is 0 Å². The lowest BCUT2D eigenvalue weighted by Gasteiger charge is -2.08. The van der Waals surface area contributed by atoms with Crippen LogP contribution in [0.1, 0.15) is 16.9 Å². The Hall–Kier alpha value is -1.09. The number of nitrogens with one attached hydrogen (secondary N) is 1. The molecule has 3 nitrogen and oxygen atoms in total. The molecule has 1 N–H and O–H groups in total. The number of rotatable bonds is 5. The molecule has 13 heavy (non-hydrogen) atoms. The van der Waals surface area contributed by atoms with Crippen molar-refractivity contribution in [3.8, 4) is 0 Å². The molecular formula is C10H17N2O+. The lowest BCUT2D eigenvalue weighted by atomic mass is 10.4. The highest BCUT2D eigenvalue weighted by Gasteiger charge is 1.99. The number of aromatic nitrogens is 1. The van der Waals surface area contributed by atoms with Crippen molar-refractivity contribution < 1.29 is 9.69 Å². The van der Waals surface area contributed by atoms with Crippen LogP contribution in [0.2, 0.25) is 0 Å². The Balaban J connectivity index is 2.40. The number of carbonyl (C=O) groups is 1. The van der Waals surface area contributed by atoms with Crippen LogP contribution in [0.25, 0.3) is 0 Å². The maximum absolute atomic E-state index is 10.6. The summed E-state index contributed by atoms with van der Waals surface area (Å²) in [7, 11) is 4.27. The zero-order valence-corrected chi connectivity index (χ0v) is 8.29. The van der Waals surface area contributed by atoms with E-state index >= 15 is 0 Å². The van der Waals surface area contributed by atoms with Gasteiger partial charge in [0.05, 0.1) is 26.3 Å². The van der Waals surface area contributed by atoms with Crippen LogP contribution in [0, 0.1) is 0 Å². The Morgan fingerprint density at radius 2 is 2.31 bits per heavy atom. The average Bonchev–Trinajstić information content (AvgIpc) is 2.51. The molecule has 1 aromatic rings. The average molecular weight is 181 g/mol. The van der Waals surface area contributed by atoms with E-state index < -0.39 is 0 Å². The summed E-state index contributed by atoms with van der Waals surface area (Å²) in [5.74, 6) is 0. The molecule has 0 aliphatic rings. The molecule has 0 bridgehead atoms. The van der Waals surface area contributed by atoms with Crippen LogP contribution in [0.5, 0.6) is 0 Å². The maximum atomic E-state index is 10.6. The van der Waals surface area contributed by atoms with E-state index in [-0.39, 0.29) is 0 Å². The van der Waals surface area contributed by atoms with Crippen LogP contribution < -0.4 is 4.90 Å². The van der Waals surface area contributed by atoms with Crippen molar-refractivity contribution >= 4 is 6.29 Å². The Morgan fingerprint density at radius 1 is 1.54 bits per heavy atom. The number of quaternary nitrogens is 1. The molecular weight excluding hydrogens is 164 g/mol. The highest BCUT2D eigenvalue weighted by Crippen LogP contribution is 1.99. The first-order chi connectivity index (χ1) is 6.24. The van der Waals surface area contributed by atoms with E-state index in [9.17, 15) is 4.79 Å². The summed E-state index contributed by atoms with van der Waals surface area (Å²) in [6, 6.07) is 3.75. The third-order valence-electron chi connectivity index (χ3n) is 2.06. The highest BCUT2D eigenvalue weighted by atomic mass is 16.1. The molecule has 1 aromatic heterocycles. The fourth-order valence-electron chi connectivity index (χ4n) is 1.34. The van der Waals surface area contributed by atoms with Crippen molar-refractivity contribution in [2.75, 3.05) is 20.6 Å². The molecule has 0 atom stereocenters. The molecule has 0 aromatic carbocycles. The van der Waals surface area contributed by atoms with Crippen molar-refractivity contribution in [1.82, 2.24) is 4.57 Å². The van der Waals surface area contributed by atoms with Gasteiger partial charge < -0.3 is 9.47 Å². The molecule has 72 valence electrons. The van der Waals surface area contributed by atoms with Crippen LogP contribution in [-0.2, 0) is 6.54 Å². The first-order valence-electron chi connectivity index (χ1n) is 4.63. The summed E-state index contributed by atoms with van der Waals surface area (Å²) in [6.07, 6.45) is 3.97. The van der Waals surface area contributed by atoms with Crippen LogP contribution in [0.4, 0.5) is 0 Å². The van der Waals surface area contributed by atoms with Gasteiger partial charge in [-0.2, -0.15) is 0 Å². The fourth-order valence-corrected chi connectivity index (χ4v) is 1.34. The molecule has 0 saturated heterocycles. The second-order valence-corrected chi connectivity index (χ2v) is 3.55. The SMILES string of the molecule is C[NH+](C)CCCn1cccc1C=O. The number of aldehydes is 1. The van der Waals surface area contributed by atoms with E-state index in [1.807, 2.05) is 22.9 Å². The topological polar surface area (TPSA) is 26.4 Å². The molecule has 0 fully saturated rings. The summed E-state index contributed by atoms with van der Waals surface area (Å²) in [5, 5.41) is 0. The lowest BCUT2D eigenvalue weighted by molar-refractivity contribution is -0.858. The fraction of sp³-hybridized carbons (Fsp3) is 0.500. The molecule has 0 amide bonds. The van der Waals surface area contributed by atoms with Crippen molar-refractivity contribution in [3.05, 3.63) is 24.0 Å². The van der Waals surface area contributed by atoms with Gasteiger partial charge in [0.25, 0.3) is 0 Å². The summed E-state index contributed by atoms with van der Waals surface area (Å²) in [4.78, 5) is 12.0. The van der Waals surface area contributed by atoms with Gasteiger partial charge in [0, 0.05) is 19.2 Å². The molecule has 0 radical (unpaired) electrons. The van der Waals surface area contributed by atoms with Gasteiger partial charge in [0.15, 0.2) is 6.29 Å². The molecule has 0 unspecified atom stereocenters. The second kappa shape index (κ2) is 4.82. The van der Waals surface area contributed by atoms with Gasteiger partial charge in [0.2, 0.25) is 0 Å². The standard InChI is InChI=1S/C10H16N2O/c1-11(2)6-4-8-12-7-3-5-10(12)9-13/h3,5,7,9H,4,6,8H2,1-2H3/p+1. The zero-order valence-electron chi connectivity index (χ0n) is 8.29. The minimum atomic E-state index is 0.772. The number of aryl methyl sites for hydroxylation is 1. The van der Waals surface area contributed by atoms with Crippen LogP contribution >= 0.6 is 0 Å². The van der Waals surface area contributed by atoms with Gasteiger partial charge in [-0.15, -0.1) is 0 Å². The number of hydrogen-bond acceptors (Lipinski definition) is 1. The third kappa shape index (κ3) is 3.03. The smallest absolute Gasteiger partial charge is 0.166 e. The number of nitrogens with zero attached hydrogens (tertiary/aromatic N) is 1. The normalized spacial score (nSPS) is 10.7. The largest absolute Gasteiger partial charge is 0.345 e. The molecule has 0 saturated carbocycles. The predicted molar refractivity (Wildman–Crippen MR) is 52.1 cm³/mol. The monoisotopic (exact) mass is 181 g/mol. The molecule has 3 heteroatoms. The van der Waals surface area contributed by atoms with Crippen molar-refractivity contribution in [2.45, 2.75) is 13.0 Å². The summed E-state index contributed by atoms with van der Waals surface area (Å²) >= 11 is 0. The van der Waals surface area contributed by atoms with Gasteiger partial charge in [-0.3, -0.25) is 4.79 Å². The Kier molecular flexibility index (Phi) is 3.71. The highest BCUT2D eigenvalue weighted by molar-refractivity contribution is 5.72. The van der Waals surface area contributed by atoms with Gasteiger partial charge in [0.1, 0.15) is 0 Å². The number of hydrogen-bond donors (Lipinski definition) is 1. The second-order valence-electron chi connectivity index (χ2n) is 3.55. The van der Waals surface area contributed by atoms with E-state index in [0.29, 0.717) is 0 Å². The van der Waals surface area contributed by atoms with Crippen LogP contribution in [-0.4, -0.2) is 31.5 Å². The summed E-state index contributed by atoms with van der Waals surface area (Å²) in [6.45, 7) is 2.07. The van der Waals surface area contributed by atoms with Crippen LogP contribution in [0.15, 0.2) is 18.3 Å². The summed E-state index contributed by atoms with van der Waals surface area (Å²) < 4.78 is 2.00. The van der Waals surface area contributed by atoms with Gasteiger partial charge in [-0.05, 0) is 12.1 Å². The van der Waals surface area contributed by atoms with E-state index in [2.05, 4.69) is 14.1 Å². The molecule has 0 aliphatic carbocycles. The van der Waals surface area contributed by atoms with Gasteiger partial charge >= 0.3 is 0 Å². The first kappa shape index (κ1) is 9.99. The van der Waals surface area contributed by atoms with Crippen molar-refractivity contribution in [1.29, 1.82) is 0 Å². The predicted octanol–water partition coefficient (Wildman–Crippen LogP) is -0.165. The Bertz CT molecular complexity index is 266. The minimum Gasteiger partial charge on any atom is -0.345 e. The molecule has 1 rings (SSSR count). The summed E-state index contributed by atoms with van der Waals surface area (Å²) in [5.41, 5.74) is 0.772. The van der Waals surface area contributed by atoms with E-state index in [4.69, 9.17) is 0 Å². The Labute approximate surface area is 79.0 Å².